The van der Waals surface area contributed by atoms with Crippen LogP contribution in [0.3, 0.4) is 0 Å². The van der Waals surface area contributed by atoms with Crippen molar-refractivity contribution in [2.24, 2.45) is 11.1 Å². The van der Waals surface area contributed by atoms with Crippen molar-refractivity contribution < 1.29 is 5.21 Å². The van der Waals surface area contributed by atoms with Crippen molar-refractivity contribution in [2.45, 2.75) is 19.8 Å². The van der Waals surface area contributed by atoms with Crippen molar-refractivity contribution in [3.05, 3.63) is 46.1 Å². The summed E-state index contributed by atoms with van der Waals surface area (Å²) in [5.74, 6) is 0.432. The molecule has 1 aromatic heterocycles. The summed E-state index contributed by atoms with van der Waals surface area (Å²) in [6, 6.07) is 9.88. The fraction of sp³-hybridized carbons (Fsp3) is 0.267. The summed E-state index contributed by atoms with van der Waals surface area (Å²) < 4.78 is 1.03. The van der Waals surface area contributed by atoms with Crippen LogP contribution < -0.4 is 0 Å². The van der Waals surface area contributed by atoms with Crippen LogP contribution in [-0.4, -0.2) is 21.1 Å². The molecule has 0 radical (unpaired) electrons. The maximum absolute atomic E-state index is 9.19. The van der Waals surface area contributed by atoms with Gasteiger partial charge in [0.2, 0.25) is 0 Å². The number of benzene rings is 1. The Hall–Kier alpha value is -1.75. The monoisotopic (exact) mass is 331 g/mol. The molecule has 0 amide bonds. The Balaban J connectivity index is 2.06. The van der Waals surface area contributed by atoms with Gasteiger partial charge in [0.15, 0.2) is 0 Å². The molecule has 2 aromatic rings. The number of oxime groups is 1. The molecule has 5 heteroatoms. The second kappa shape index (κ2) is 5.32. The van der Waals surface area contributed by atoms with Gasteiger partial charge in [-0.1, -0.05) is 40.1 Å². The zero-order chi connectivity index (χ0) is 14.1. The maximum atomic E-state index is 9.19. The molecule has 20 heavy (non-hydrogen) atoms. The molecule has 0 unspecified atom stereocenters. The number of fused-ring (bicyclic) bond motifs is 1. The van der Waals surface area contributed by atoms with Crippen molar-refractivity contribution in [1.29, 1.82) is 0 Å². The van der Waals surface area contributed by atoms with Gasteiger partial charge in [0, 0.05) is 15.6 Å². The van der Waals surface area contributed by atoms with Crippen LogP contribution >= 0.6 is 15.9 Å². The lowest BCUT2D eigenvalue weighted by Gasteiger charge is -2.21. The average Bonchev–Trinajstić information content (AvgIpc) is 2.46. The van der Waals surface area contributed by atoms with Crippen LogP contribution in [0.1, 0.15) is 24.6 Å². The van der Waals surface area contributed by atoms with E-state index in [0.29, 0.717) is 11.6 Å². The maximum Gasteiger partial charge on any atom is 0.0936 e. The molecule has 0 saturated heterocycles. The van der Waals surface area contributed by atoms with Gasteiger partial charge in [-0.2, -0.15) is 10.2 Å². The Morgan fingerprint density at radius 3 is 2.65 bits per heavy atom. The molecule has 1 aromatic carbocycles. The Morgan fingerprint density at radius 1 is 1.20 bits per heavy atom. The molecule has 3 rings (SSSR count). The van der Waals surface area contributed by atoms with E-state index >= 15 is 0 Å². The molecule has 1 N–H and O–H groups in total. The Labute approximate surface area is 125 Å². The Bertz CT molecular complexity index is 667. The predicted molar refractivity (Wildman–Crippen MR) is 81.0 cm³/mol. The number of hydrogen-bond acceptors (Lipinski definition) is 4. The zero-order valence-electron chi connectivity index (χ0n) is 11.0. The van der Waals surface area contributed by atoms with Gasteiger partial charge >= 0.3 is 0 Å². The van der Waals surface area contributed by atoms with Crippen molar-refractivity contribution in [2.75, 3.05) is 0 Å². The van der Waals surface area contributed by atoms with E-state index < -0.39 is 0 Å². The topological polar surface area (TPSA) is 58.4 Å². The molecular weight excluding hydrogens is 318 g/mol. The van der Waals surface area contributed by atoms with E-state index in [1.54, 1.807) is 0 Å². The molecule has 0 saturated carbocycles. The minimum atomic E-state index is 0.432. The molecule has 102 valence electrons. The van der Waals surface area contributed by atoms with Gasteiger partial charge in [0.05, 0.1) is 17.1 Å². The summed E-state index contributed by atoms with van der Waals surface area (Å²) in [4.78, 5) is 0. The van der Waals surface area contributed by atoms with E-state index in [1.807, 2.05) is 30.3 Å². The SMILES string of the molecule is C[C@@H]1C/C(=N\O)c2cc(-c3ccc(Br)cc3)nnc2C1. The average molecular weight is 332 g/mol. The molecular formula is C15H14BrN3O. The summed E-state index contributed by atoms with van der Waals surface area (Å²) in [6.07, 6.45) is 1.65. The van der Waals surface area contributed by atoms with E-state index in [9.17, 15) is 5.21 Å². The van der Waals surface area contributed by atoms with Crippen LogP contribution in [0.5, 0.6) is 0 Å². The van der Waals surface area contributed by atoms with Gasteiger partial charge in [0.25, 0.3) is 0 Å². The van der Waals surface area contributed by atoms with Gasteiger partial charge in [-0.25, -0.2) is 0 Å². The highest BCUT2D eigenvalue weighted by atomic mass is 79.9. The number of nitrogens with zero attached hydrogens (tertiary/aromatic N) is 3. The number of hydrogen-bond donors (Lipinski definition) is 1. The van der Waals surface area contributed by atoms with E-state index in [1.165, 1.54) is 0 Å². The molecule has 1 aliphatic rings. The van der Waals surface area contributed by atoms with E-state index in [0.717, 1.165) is 39.8 Å². The predicted octanol–water partition coefficient (Wildman–Crippen LogP) is 3.67. The number of rotatable bonds is 1. The minimum absolute atomic E-state index is 0.432. The molecule has 0 fully saturated rings. The summed E-state index contributed by atoms with van der Waals surface area (Å²) in [6.45, 7) is 2.12. The van der Waals surface area contributed by atoms with E-state index in [2.05, 4.69) is 38.2 Å². The second-order valence-corrected chi connectivity index (χ2v) is 6.07. The first kappa shape index (κ1) is 13.2. The minimum Gasteiger partial charge on any atom is -0.411 e. The van der Waals surface area contributed by atoms with Crippen molar-refractivity contribution >= 4 is 21.6 Å². The number of halogens is 1. The Kier molecular flexibility index (Phi) is 3.53. The summed E-state index contributed by atoms with van der Waals surface area (Å²) in [7, 11) is 0. The van der Waals surface area contributed by atoms with Crippen molar-refractivity contribution in [3.63, 3.8) is 0 Å². The highest BCUT2D eigenvalue weighted by Gasteiger charge is 2.23. The third-order valence-corrected chi connectivity index (χ3v) is 4.05. The van der Waals surface area contributed by atoms with Crippen LogP contribution in [-0.2, 0) is 6.42 Å². The molecule has 0 aliphatic heterocycles. The molecule has 1 atom stereocenters. The van der Waals surface area contributed by atoms with Crippen LogP contribution in [0.15, 0.2) is 40.0 Å². The van der Waals surface area contributed by atoms with Crippen LogP contribution in [0.2, 0.25) is 0 Å². The van der Waals surface area contributed by atoms with Gasteiger partial charge in [-0.05, 0) is 37.0 Å². The lowest BCUT2D eigenvalue weighted by molar-refractivity contribution is 0.316. The van der Waals surface area contributed by atoms with Crippen LogP contribution in [0.4, 0.5) is 0 Å². The molecule has 4 nitrogen and oxygen atoms in total. The van der Waals surface area contributed by atoms with Gasteiger partial charge < -0.3 is 5.21 Å². The Morgan fingerprint density at radius 2 is 1.95 bits per heavy atom. The van der Waals surface area contributed by atoms with Gasteiger partial charge in [-0.15, -0.1) is 0 Å². The number of aromatic nitrogens is 2. The highest BCUT2D eigenvalue weighted by molar-refractivity contribution is 9.10. The summed E-state index contributed by atoms with van der Waals surface area (Å²) >= 11 is 3.42. The third kappa shape index (κ3) is 2.45. The lowest BCUT2D eigenvalue weighted by atomic mass is 9.86. The zero-order valence-corrected chi connectivity index (χ0v) is 12.6. The highest BCUT2D eigenvalue weighted by Crippen LogP contribution is 2.27. The second-order valence-electron chi connectivity index (χ2n) is 5.16. The smallest absolute Gasteiger partial charge is 0.0936 e. The quantitative estimate of drug-likeness (QED) is 0.640. The molecule has 0 spiro atoms. The molecule has 1 heterocycles. The first-order valence-electron chi connectivity index (χ1n) is 6.51. The van der Waals surface area contributed by atoms with Gasteiger partial charge in [-0.3, -0.25) is 0 Å². The van der Waals surface area contributed by atoms with Crippen molar-refractivity contribution in [3.8, 4) is 11.3 Å². The van der Waals surface area contributed by atoms with Crippen molar-refractivity contribution in [1.82, 2.24) is 10.2 Å². The standard InChI is InChI=1S/C15H14BrN3O/c1-9-6-14-12(15(7-9)19-20)8-13(17-18-14)10-2-4-11(16)5-3-10/h2-5,8-9,20H,6-7H2,1H3/b19-15+/t9-/m0/s1. The van der Waals surface area contributed by atoms with Crippen LogP contribution in [0, 0.1) is 5.92 Å². The fourth-order valence-corrected chi connectivity index (χ4v) is 2.78. The largest absolute Gasteiger partial charge is 0.411 e. The van der Waals surface area contributed by atoms with Gasteiger partial charge in [0.1, 0.15) is 0 Å². The first-order chi connectivity index (χ1) is 9.67. The fourth-order valence-electron chi connectivity index (χ4n) is 2.52. The lowest BCUT2D eigenvalue weighted by Crippen LogP contribution is -2.21. The molecule has 1 aliphatic carbocycles. The van der Waals surface area contributed by atoms with Crippen LogP contribution in [0.25, 0.3) is 11.3 Å². The third-order valence-electron chi connectivity index (χ3n) is 3.53. The summed E-state index contributed by atoms with van der Waals surface area (Å²) in [5, 5.41) is 21.2. The molecule has 0 bridgehead atoms. The van der Waals surface area contributed by atoms with E-state index in [4.69, 9.17) is 0 Å². The van der Waals surface area contributed by atoms with E-state index in [-0.39, 0.29) is 0 Å². The normalized spacial score (nSPS) is 19.9. The summed E-state index contributed by atoms with van der Waals surface area (Å²) in [5.41, 5.74) is 4.33. The first-order valence-corrected chi connectivity index (χ1v) is 7.30.